The van der Waals surface area contributed by atoms with E-state index in [0.717, 1.165) is 6.07 Å². The van der Waals surface area contributed by atoms with Crippen LogP contribution in [0, 0.1) is 0 Å². The number of rotatable bonds is 3. The summed E-state index contributed by atoms with van der Waals surface area (Å²) in [4.78, 5) is 11.1. The van der Waals surface area contributed by atoms with Crippen molar-refractivity contribution in [2.24, 2.45) is 0 Å². The second-order valence-corrected chi connectivity index (χ2v) is 2.95. The molecule has 0 aliphatic carbocycles. The molecule has 0 atom stereocenters. The highest BCUT2D eigenvalue weighted by Crippen LogP contribution is 2.29. The number of carbonyl (C=O) groups is 1. The fourth-order valence-electron chi connectivity index (χ4n) is 1.02. The van der Waals surface area contributed by atoms with E-state index in [1.807, 2.05) is 13.8 Å². The Kier molecular flexibility index (Phi) is 6.85. The molecular weight excluding hydrogens is 247 g/mol. The summed E-state index contributed by atoms with van der Waals surface area (Å²) in [6, 6.07) is 5.38. The first-order valence-electron chi connectivity index (χ1n) is 5.57. The second-order valence-electron chi connectivity index (χ2n) is 2.95. The van der Waals surface area contributed by atoms with E-state index in [0.29, 0.717) is 0 Å². The summed E-state index contributed by atoms with van der Waals surface area (Å²) in [5.41, 5.74) is 0.00618. The summed E-state index contributed by atoms with van der Waals surface area (Å²) in [6.45, 7) is 5.60. The van der Waals surface area contributed by atoms with Crippen LogP contribution in [0.1, 0.15) is 27.2 Å². The maximum Gasteiger partial charge on any atom is 0.573 e. The number of hydrogen-bond donors (Lipinski definition) is 1. The minimum absolute atomic E-state index is 0.00618. The van der Waals surface area contributed by atoms with Gasteiger partial charge in [0, 0.05) is 6.42 Å². The van der Waals surface area contributed by atoms with Gasteiger partial charge < -0.3 is 10.1 Å². The van der Waals surface area contributed by atoms with Crippen molar-refractivity contribution in [2.45, 2.75) is 33.6 Å². The highest BCUT2D eigenvalue weighted by atomic mass is 19.4. The van der Waals surface area contributed by atoms with Crippen molar-refractivity contribution in [3.05, 3.63) is 24.3 Å². The third-order valence-corrected chi connectivity index (χ3v) is 1.71. The van der Waals surface area contributed by atoms with Crippen LogP contribution in [0.3, 0.4) is 0 Å². The number of halogens is 3. The largest absolute Gasteiger partial charge is 0.573 e. The van der Waals surface area contributed by atoms with Gasteiger partial charge in [0.1, 0.15) is 0 Å². The Labute approximate surface area is 104 Å². The Morgan fingerprint density at radius 1 is 1.28 bits per heavy atom. The molecule has 1 aromatic rings. The lowest BCUT2D eigenvalue weighted by Gasteiger charge is -2.13. The SMILES string of the molecule is CC.CCC(=O)Nc1ccccc1OC(F)(F)F. The molecule has 0 fully saturated rings. The molecule has 3 nitrogen and oxygen atoms in total. The maximum absolute atomic E-state index is 12.0. The van der Waals surface area contributed by atoms with E-state index in [2.05, 4.69) is 10.1 Å². The monoisotopic (exact) mass is 263 g/mol. The van der Waals surface area contributed by atoms with Crippen LogP contribution in [0.4, 0.5) is 18.9 Å². The quantitative estimate of drug-likeness (QED) is 0.896. The highest BCUT2D eigenvalue weighted by molar-refractivity contribution is 5.91. The van der Waals surface area contributed by atoms with Crippen LogP contribution >= 0.6 is 0 Å². The molecular formula is C12H16F3NO2. The minimum atomic E-state index is -4.77. The fraction of sp³-hybridized carbons (Fsp3) is 0.417. The summed E-state index contributed by atoms with van der Waals surface area (Å²) >= 11 is 0. The number of amides is 1. The van der Waals surface area contributed by atoms with Crippen molar-refractivity contribution < 1.29 is 22.7 Å². The van der Waals surface area contributed by atoms with Gasteiger partial charge in [-0.05, 0) is 12.1 Å². The Hall–Kier alpha value is -1.72. The summed E-state index contributed by atoms with van der Waals surface area (Å²) in [5.74, 6) is -0.796. The molecule has 0 radical (unpaired) electrons. The van der Waals surface area contributed by atoms with Crippen LogP contribution in [-0.4, -0.2) is 12.3 Å². The molecule has 0 unspecified atom stereocenters. The normalized spacial score (nSPS) is 10.1. The predicted molar refractivity (Wildman–Crippen MR) is 63.4 cm³/mol. The van der Waals surface area contributed by atoms with E-state index in [1.165, 1.54) is 18.2 Å². The topological polar surface area (TPSA) is 38.3 Å². The third-order valence-electron chi connectivity index (χ3n) is 1.71. The van der Waals surface area contributed by atoms with Gasteiger partial charge in [0.2, 0.25) is 5.91 Å². The van der Waals surface area contributed by atoms with Gasteiger partial charge in [-0.3, -0.25) is 4.79 Å². The number of ether oxygens (including phenoxy) is 1. The number of para-hydroxylation sites is 2. The van der Waals surface area contributed by atoms with Gasteiger partial charge in [0.15, 0.2) is 5.75 Å². The van der Waals surface area contributed by atoms with Crippen molar-refractivity contribution in [3.8, 4) is 5.75 Å². The molecule has 1 amide bonds. The standard InChI is InChI=1S/C10H10F3NO2.C2H6/c1-2-9(15)14-7-5-3-4-6-8(7)16-10(11,12)13;1-2/h3-6H,2H2,1H3,(H,14,15);1-2H3. The van der Waals surface area contributed by atoms with Crippen molar-refractivity contribution in [1.29, 1.82) is 0 Å². The first-order valence-corrected chi connectivity index (χ1v) is 5.57. The Morgan fingerprint density at radius 2 is 1.83 bits per heavy atom. The molecule has 0 saturated carbocycles. The number of nitrogens with one attached hydrogen (secondary N) is 1. The van der Waals surface area contributed by atoms with E-state index >= 15 is 0 Å². The highest BCUT2D eigenvalue weighted by Gasteiger charge is 2.32. The molecule has 1 N–H and O–H groups in total. The van der Waals surface area contributed by atoms with Gasteiger partial charge in [0.05, 0.1) is 5.69 Å². The molecule has 102 valence electrons. The zero-order valence-electron chi connectivity index (χ0n) is 10.5. The average Bonchev–Trinajstić information content (AvgIpc) is 2.32. The molecule has 0 bridgehead atoms. The molecule has 0 aromatic heterocycles. The molecule has 0 aliphatic heterocycles. The lowest BCUT2D eigenvalue weighted by molar-refractivity contribution is -0.274. The summed E-state index contributed by atoms with van der Waals surface area (Å²) in [7, 11) is 0. The molecule has 0 aliphatic rings. The smallest absolute Gasteiger partial charge is 0.404 e. The van der Waals surface area contributed by atoms with E-state index in [-0.39, 0.29) is 18.0 Å². The number of hydrogen-bond acceptors (Lipinski definition) is 2. The van der Waals surface area contributed by atoms with Crippen molar-refractivity contribution in [3.63, 3.8) is 0 Å². The first-order chi connectivity index (χ1) is 8.42. The lowest BCUT2D eigenvalue weighted by atomic mass is 10.3. The van der Waals surface area contributed by atoms with Gasteiger partial charge in [0.25, 0.3) is 0 Å². The lowest BCUT2D eigenvalue weighted by Crippen LogP contribution is -2.19. The summed E-state index contributed by atoms with van der Waals surface area (Å²) in [5, 5.41) is 2.32. The molecule has 0 spiro atoms. The molecule has 1 rings (SSSR count). The van der Waals surface area contributed by atoms with Crippen molar-refractivity contribution >= 4 is 11.6 Å². The Morgan fingerprint density at radius 3 is 2.33 bits per heavy atom. The number of anilines is 1. The predicted octanol–water partition coefficient (Wildman–Crippen LogP) is 3.96. The summed E-state index contributed by atoms with van der Waals surface area (Å²) in [6.07, 6.45) is -4.59. The fourth-order valence-corrected chi connectivity index (χ4v) is 1.02. The van der Waals surface area contributed by atoms with Gasteiger partial charge in [-0.1, -0.05) is 32.9 Å². The number of alkyl halides is 3. The number of benzene rings is 1. The molecule has 1 aromatic carbocycles. The van der Waals surface area contributed by atoms with Crippen LogP contribution in [0.5, 0.6) is 5.75 Å². The van der Waals surface area contributed by atoms with Crippen molar-refractivity contribution in [1.82, 2.24) is 0 Å². The number of carbonyl (C=O) groups excluding carboxylic acids is 1. The van der Waals surface area contributed by atoms with Crippen LogP contribution in [0.15, 0.2) is 24.3 Å². The van der Waals surface area contributed by atoms with Crippen LogP contribution in [0.25, 0.3) is 0 Å². The summed E-state index contributed by atoms with van der Waals surface area (Å²) < 4.78 is 39.8. The molecule has 6 heteroatoms. The van der Waals surface area contributed by atoms with E-state index < -0.39 is 12.1 Å². The van der Waals surface area contributed by atoms with Gasteiger partial charge in [-0.2, -0.15) is 0 Å². The van der Waals surface area contributed by atoms with Crippen LogP contribution in [0.2, 0.25) is 0 Å². The molecule has 0 saturated heterocycles. The zero-order valence-corrected chi connectivity index (χ0v) is 10.5. The van der Waals surface area contributed by atoms with E-state index in [4.69, 9.17) is 0 Å². The van der Waals surface area contributed by atoms with Crippen LogP contribution < -0.4 is 10.1 Å². The van der Waals surface area contributed by atoms with Gasteiger partial charge in [-0.15, -0.1) is 13.2 Å². The Bertz CT molecular complexity index is 378. The van der Waals surface area contributed by atoms with Crippen molar-refractivity contribution in [2.75, 3.05) is 5.32 Å². The van der Waals surface area contributed by atoms with Crippen LogP contribution in [-0.2, 0) is 4.79 Å². The molecule has 0 heterocycles. The van der Waals surface area contributed by atoms with Gasteiger partial charge >= 0.3 is 6.36 Å². The second kappa shape index (κ2) is 7.58. The first kappa shape index (κ1) is 16.3. The van der Waals surface area contributed by atoms with Gasteiger partial charge in [-0.25, -0.2) is 0 Å². The maximum atomic E-state index is 12.0. The molecule has 18 heavy (non-hydrogen) atoms. The minimum Gasteiger partial charge on any atom is -0.404 e. The van der Waals surface area contributed by atoms with E-state index in [1.54, 1.807) is 6.92 Å². The Balaban J connectivity index is 0.00000137. The van der Waals surface area contributed by atoms with E-state index in [9.17, 15) is 18.0 Å². The zero-order chi connectivity index (χ0) is 14.2. The average molecular weight is 263 g/mol. The third kappa shape index (κ3) is 6.12.